The van der Waals surface area contributed by atoms with Gasteiger partial charge in [0.05, 0.1) is 13.2 Å². The van der Waals surface area contributed by atoms with Gasteiger partial charge in [0.25, 0.3) is 5.91 Å². The zero-order chi connectivity index (χ0) is 18.9. The van der Waals surface area contributed by atoms with Gasteiger partial charge in [-0.05, 0) is 61.9 Å². The Balaban J connectivity index is 2.24. The highest BCUT2D eigenvalue weighted by Crippen LogP contribution is 2.29. The predicted octanol–water partition coefficient (Wildman–Crippen LogP) is 4.68. The van der Waals surface area contributed by atoms with E-state index in [-0.39, 0.29) is 5.57 Å². The van der Waals surface area contributed by atoms with Crippen molar-refractivity contribution in [1.82, 2.24) is 0 Å². The standard InChI is InChI=1S/C20H19ClN2O3/c1-3-25-18-10-5-14(12-19(18)26-4-2)11-15(13-22)20(24)23-17-8-6-16(21)7-9-17/h5-12H,3-4H2,1-2H3,(H,23,24)/b15-11-. The van der Waals surface area contributed by atoms with Crippen LogP contribution in [0.2, 0.25) is 5.02 Å². The number of ether oxygens (including phenoxy) is 2. The lowest BCUT2D eigenvalue weighted by atomic mass is 10.1. The monoisotopic (exact) mass is 370 g/mol. The van der Waals surface area contributed by atoms with Gasteiger partial charge in [-0.2, -0.15) is 5.26 Å². The van der Waals surface area contributed by atoms with Crippen molar-refractivity contribution in [3.8, 4) is 17.6 Å². The molecular weight excluding hydrogens is 352 g/mol. The number of carbonyl (C=O) groups is 1. The van der Waals surface area contributed by atoms with Gasteiger partial charge in [-0.3, -0.25) is 4.79 Å². The molecule has 2 aromatic rings. The highest BCUT2D eigenvalue weighted by molar-refractivity contribution is 6.30. The summed E-state index contributed by atoms with van der Waals surface area (Å²) in [5.74, 6) is 0.691. The Bertz CT molecular complexity index is 839. The molecule has 2 rings (SSSR count). The van der Waals surface area contributed by atoms with Gasteiger partial charge in [-0.1, -0.05) is 17.7 Å². The molecule has 2 aromatic carbocycles. The number of hydrogen-bond donors (Lipinski definition) is 1. The SMILES string of the molecule is CCOc1ccc(/C=C(/C#N)C(=O)Nc2ccc(Cl)cc2)cc1OCC. The van der Waals surface area contributed by atoms with Crippen LogP contribution in [-0.2, 0) is 4.79 Å². The number of amides is 1. The van der Waals surface area contributed by atoms with E-state index in [0.717, 1.165) is 0 Å². The van der Waals surface area contributed by atoms with Gasteiger partial charge in [0.1, 0.15) is 11.6 Å². The molecule has 0 heterocycles. The molecule has 0 atom stereocenters. The number of carbonyl (C=O) groups excluding carboxylic acids is 1. The summed E-state index contributed by atoms with van der Waals surface area (Å²) in [6, 6.07) is 13.8. The maximum atomic E-state index is 12.3. The summed E-state index contributed by atoms with van der Waals surface area (Å²) in [6.07, 6.45) is 1.50. The number of hydrogen-bond acceptors (Lipinski definition) is 4. The molecule has 0 aliphatic rings. The van der Waals surface area contributed by atoms with E-state index in [9.17, 15) is 10.1 Å². The van der Waals surface area contributed by atoms with E-state index in [1.807, 2.05) is 19.9 Å². The molecule has 0 unspecified atom stereocenters. The first-order chi connectivity index (χ1) is 12.6. The third-order valence-corrected chi connectivity index (χ3v) is 3.60. The lowest BCUT2D eigenvalue weighted by molar-refractivity contribution is -0.112. The number of nitriles is 1. The molecule has 0 aliphatic heterocycles. The summed E-state index contributed by atoms with van der Waals surface area (Å²) in [7, 11) is 0. The number of halogens is 1. The normalized spacial score (nSPS) is 10.8. The smallest absolute Gasteiger partial charge is 0.266 e. The van der Waals surface area contributed by atoms with Gasteiger partial charge in [0.15, 0.2) is 11.5 Å². The number of rotatable bonds is 7. The molecule has 1 amide bonds. The van der Waals surface area contributed by atoms with E-state index in [0.29, 0.717) is 41.0 Å². The van der Waals surface area contributed by atoms with Crippen molar-refractivity contribution < 1.29 is 14.3 Å². The van der Waals surface area contributed by atoms with Gasteiger partial charge in [-0.15, -0.1) is 0 Å². The topological polar surface area (TPSA) is 71.3 Å². The Kier molecular flexibility index (Phi) is 7.07. The largest absolute Gasteiger partial charge is 0.490 e. The van der Waals surface area contributed by atoms with E-state index in [1.165, 1.54) is 6.08 Å². The molecule has 0 spiro atoms. The molecular formula is C20H19ClN2O3. The summed E-state index contributed by atoms with van der Waals surface area (Å²) in [5.41, 5.74) is 1.20. The molecule has 0 radical (unpaired) electrons. The fourth-order valence-electron chi connectivity index (χ4n) is 2.20. The first-order valence-electron chi connectivity index (χ1n) is 8.15. The molecule has 26 heavy (non-hydrogen) atoms. The fraction of sp³-hybridized carbons (Fsp3) is 0.200. The van der Waals surface area contributed by atoms with Crippen molar-refractivity contribution in [1.29, 1.82) is 5.26 Å². The molecule has 0 aromatic heterocycles. The van der Waals surface area contributed by atoms with Crippen molar-refractivity contribution >= 4 is 29.3 Å². The minimum Gasteiger partial charge on any atom is -0.490 e. The van der Waals surface area contributed by atoms with E-state index in [2.05, 4.69) is 5.32 Å². The Hall–Kier alpha value is -2.97. The minimum absolute atomic E-state index is 0.0217. The van der Waals surface area contributed by atoms with E-state index < -0.39 is 5.91 Å². The highest BCUT2D eigenvalue weighted by Gasteiger charge is 2.11. The van der Waals surface area contributed by atoms with Gasteiger partial charge in [-0.25, -0.2) is 0 Å². The van der Waals surface area contributed by atoms with Crippen LogP contribution in [0.15, 0.2) is 48.0 Å². The fourth-order valence-corrected chi connectivity index (χ4v) is 2.33. The second-order valence-electron chi connectivity index (χ2n) is 5.20. The molecule has 6 heteroatoms. The first-order valence-corrected chi connectivity index (χ1v) is 8.53. The Morgan fingerprint density at radius 1 is 1.12 bits per heavy atom. The Morgan fingerprint density at radius 2 is 1.77 bits per heavy atom. The molecule has 0 saturated carbocycles. The van der Waals surface area contributed by atoms with Crippen molar-refractivity contribution in [3.05, 3.63) is 58.6 Å². The lowest BCUT2D eigenvalue weighted by Crippen LogP contribution is -2.13. The molecule has 0 saturated heterocycles. The van der Waals surface area contributed by atoms with Crippen LogP contribution < -0.4 is 14.8 Å². The molecule has 0 fully saturated rings. The number of benzene rings is 2. The van der Waals surface area contributed by atoms with Crippen LogP contribution in [-0.4, -0.2) is 19.1 Å². The van der Waals surface area contributed by atoms with Gasteiger partial charge < -0.3 is 14.8 Å². The first kappa shape index (κ1) is 19.4. The molecule has 0 bridgehead atoms. The summed E-state index contributed by atoms with van der Waals surface area (Å²) >= 11 is 5.82. The average molecular weight is 371 g/mol. The second-order valence-corrected chi connectivity index (χ2v) is 5.64. The highest BCUT2D eigenvalue weighted by atomic mass is 35.5. The van der Waals surface area contributed by atoms with Gasteiger partial charge in [0, 0.05) is 10.7 Å². The van der Waals surface area contributed by atoms with Crippen LogP contribution in [0.4, 0.5) is 5.69 Å². The summed E-state index contributed by atoms with van der Waals surface area (Å²) in [5, 5.41) is 12.6. The number of anilines is 1. The third-order valence-electron chi connectivity index (χ3n) is 3.35. The van der Waals surface area contributed by atoms with Crippen molar-refractivity contribution in [2.75, 3.05) is 18.5 Å². The summed E-state index contributed by atoms with van der Waals surface area (Å²) in [6.45, 7) is 4.76. The van der Waals surface area contributed by atoms with E-state index in [1.54, 1.807) is 42.5 Å². The molecule has 134 valence electrons. The van der Waals surface area contributed by atoms with Crippen molar-refractivity contribution in [2.45, 2.75) is 13.8 Å². The number of nitrogens with one attached hydrogen (secondary N) is 1. The lowest BCUT2D eigenvalue weighted by Gasteiger charge is -2.11. The van der Waals surface area contributed by atoms with Crippen LogP contribution in [0.1, 0.15) is 19.4 Å². The average Bonchev–Trinajstić information content (AvgIpc) is 2.64. The van der Waals surface area contributed by atoms with Gasteiger partial charge in [0.2, 0.25) is 0 Å². The van der Waals surface area contributed by atoms with Crippen molar-refractivity contribution in [2.24, 2.45) is 0 Å². The zero-order valence-electron chi connectivity index (χ0n) is 14.6. The zero-order valence-corrected chi connectivity index (χ0v) is 15.3. The maximum Gasteiger partial charge on any atom is 0.266 e. The van der Waals surface area contributed by atoms with Crippen molar-refractivity contribution in [3.63, 3.8) is 0 Å². The second kappa shape index (κ2) is 9.50. The minimum atomic E-state index is -0.498. The third kappa shape index (κ3) is 5.27. The maximum absolute atomic E-state index is 12.3. The van der Waals surface area contributed by atoms with Crippen LogP contribution in [0.5, 0.6) is 11.5 Å². The van der Waals surface area contributed by atoms with Gasteiger partial charge >= 0.3 is 0 Å². The van der Waals surface area contributed by atoms with Crippen LogP contribution in [0.25, 0.3) is 6.08 Å². The van der Waals surface area contributed by atoms with Crippen LogP contribution in [0.3, 0.4) is 0 Å². The molecule has 1 N–H and O–H groups in total. The Labute approximate surface area is 157 Å². The van der Waals surface area contributed by atoms with Crippen LogP contribution >= 0.6 is 11.6 Å². The Morgan fingerprint density at radius 3 is 2.38 bits per heavy atom. The molecule has 0 aliphatic carbocycles. The quantitative estimate of drug-likeness (QED) is 0.567. The van der Waals surface area contributed by atoms with Crippen LogP contribution in [0, 0.1) is 11.3 Å². The predicted molar refractivity (Wildman–Crippen MR) is 102 cm³/mol. The summed E-state index contributed by atoms with van der Waals surface area (Å²) in [4.78, 5) is 12.3. The number of nitrogens with zero attached hydrogens (tertiary/aromatic N) is 1. The van der Waals surface area contributed by atoms with E-state index in [4.69, 9.17) is 21.1 Å². The van der Waals surface area contributed by atoms with E-state index >= 15 is 0 Å². The summed E-state index contributed by atoms with van der Waals surface area (Å²) < 4.78 is 11.1. The molecule has 5 nitrogen and oxygen atoms in total.